The lowest BCUT2D eigenvalue weighted by molar-refractivity contribution is -0.136. The normalized spacial score (nSPS) is 19.6. The van der Waals surface area contributed by atoms with Gasteiger partial charge in [0.25, 0.3) is 5.91 Å². The second-order valence-electron chi connectivity index (χ2n) is 8.25. The number of phenolic OH excluding ortho intramolecular Hbond substituents is 1. The summed E-state index contributed by atoms with van der Waals surface area (Å²) in [5.74, 6) is -0.880. The zero-order valence-corrected chi connectivity index (χ0v) is 17.3. The summed E-state index contributed by atoms with van der Waals surface area (Å²) in [4.78, 5) is 43.5. The maximum Gasteiger partial charge on any atom is 0.270 e. The fraction of sp³-hybridized carbons (Fsp3) is 0.455. The van der Waals surface area contributed by atoms with Crippen molar-refractivity contribution in [2.75, 3.05) is 13.6 Å². The molecule has 158 valence electrons. The number of nitrogens with one attached hydrogen (secondary N) is 1. The summed E-state index contributed by atoms with van der Waals surface area (Å²) >= 11 is 0. The van der Waals surface area contributed by atoms with Crippen LogP contribution in [0, 0.1) is 23.2 Å². The molecule has 8 nitrogen and oxygen atoms in total. The smallest absolute Gasteiger partial charge is 0.270 e. The molecule has 2 N–H and O–H groups in total. The van der Waals surface area contributed by atoms with Gasteiger partial charge in [-0.15, -0.1) is 0 Å². The minimum atomic E-state index is -0.765. The molecule has 1 fully saturated rings. The number of fused-ring (bicyclic) bond motifs is 1. The van der Waals surface area contributed by atoms with Gasteiger partial charge >= 0.3 is 0 Å². The predicted molar refractivity (Wildman–Crippen MR) is 111 cm³/mol. The number of H-pyrrole nitrogens is 1. The van der Waals surface area contributed by atoms with Crippen LogP contribution in [0.3, 0.4) is 0 Å². The number of benzene rings is 1. The van der Waals surface area contributed by atoms with Gasteiger partial charge in [0.1, 0.15) is 29.8 Å². The molecule has 30 heavy (non-hydrogen) atoms. The number of aromatic hydroxyl groups is 1. The third-order valence-corrected chi connectivity index (χ3v) is 5.60. The van der Waals surface area contributed by atoms with Crippen LogP contribution >= 0.6 is 0 Å². The van der Waals surface area contributed by atoms with Crippen molar-refractivity contribution in [3.63, 3.8) is 0 Å². The molecule has 0 aliphatic carbocycles. The summed E-state index contributed by atoms with van der Waals surface area (Å²) in [6.45, 7) is 4.11. The molecule has 8 heteroatoms. The second kappa shape index (κ2) is 8.57. The van der Waals surface area contributed by atoms with Crippen molar-refractivity contribution < 1.29 is 19.5 Å². The standard InChI is InChI=1S/C22H26N4O4/c1-13(2)7-19(22(30)26-11-14(12-27)8-15(26)10-23)25(3)21(29)18-9-16-17(24-18)5-4-6-20(16)28/h4-6,9,12-15,19,24,28H,7-8,11H2,1-3H3. The molecule has 2 aromatic rings. The first kappa shape index (κ1) is 21.4. The number of likely N-dealkylation sites (tertiary alicyclic amines) is 1. The summed E-state index contributed by atoms with van der Waals surface area (Å²) in [7, 11) is 1.56. The summed E-state index contributed by atoms with van der Waals surface area (Å²) in [6.07, 6.45) is 1.52. The average Bonchev–Trinajstić information content (AvgIpc) is 3.35. The Labute approximate surface area is 175 Å². The van der Waals surface area contributed by atoms with Crippen molar-refractivity contribution in [1.29, 1.82) is 5.26 Å². The minimum absolute atomic E-state index is 0.0640. The quantitative estimate of drug-likeness (QED) is 0.709. The highest BCUT2D eigenvalue weighted by Crippen LogP contribution is 2.28. The fourth-order valence-corrected chi connectivity index (χ4v) is 3.98. The zero-order chi connectivity index (χ0) is 22.0. The Morgan fingerprint density at radius 1 is 1.43 bits per heavy atom. The molecule has 1 aromatic carbocycles. The van der Waals surface area contributed by atoms with E-state index in [0.29, 0.717) is 23.7 Å². The molecule has 0 saturated carbocycles. The van der Waals surface area contributed by atoms with Gasteiger partial charge in [-0.1, -0.05) is 19.9 Å². The fourth-order valence-electron chi connectivity index (χ4n) is 3.98. The van der Waals surface area contributed by atoms with E-state index in [2.05, 4.69) is 11.1 Å². The monoisotopic (exact) mass is 410 g/mol. The molecule has 2 heterocycles. The lowest BCUT2D eigenvalue weighted by Gasteiger charge is -2.32. The van der Waals surface area contributed by atoms with E-state index in [-0.39, 0.29) is 41.6 Å². The van der Waals surface area contributed by atoms with E-state index in [1.54, 1.807) is 25.2 Å². The SMILES string of the molecule is CC(C)CC(C(=O)N1CC(C=O)CC1C#N)N(C)C(=O)c1cc2c(O)cccc2[nH]1. The molecule has 3 rings (SSSR count). The van der Waals surface area contributed by atoms with Gasteiger partial charge in [-0.05, 0) is 37.0 Å². The molecule has 3 unspecified atom stereocenters. The zero-order valence-electron chi connectivity index (χ0n) is 17.3. The number of likely N-dealkylation sites (N-methyl/N-ethyl adjacent to an activating group) is 1. The van der Waals surface area contributed by atoms with Crippen LogP contribution in [-0.2, 0) is 9.59 Å². The maximum absolute atomic E-state index is 13.3. The summed E-state index contributed by atoms with van der Waals surface area (Å²) in [6, 6.07) is 7.20. The van der Waals surface area contributed by atoms with Crippen LogP contribution in [0.15, 0.2) is 24.3 Å². The van der Waals surface area contributed by atoms with Crippen molar-refractivity contribution in [3.8, 4) is 11.8 Å². The first-order chi connectivity index (χ1) is 14.3. The number of aldehydes is 1. The van der Waals surface area contributed by atoms with Gasteiger partial charge in [0, 0.05) is 30.4 Å². The Balaban J connectivity index is 1.89. The lowest BCUT2D eigenvalue weighted by atomic mass is 10.0. The summed E-state index contributed by atoms with van der Waals surface area (Å²) in [5.41, 5.74) is 0.885. The Morgan fingerprint density at radius 2 is 2.17 bits per heavy atom. The van der Waals surface area contributed by atoms with Crippen molar-refractivity contribution in [2.24, 2.45) is 11.8 Å². The van der Waals surface area contributed by atoms with E-state index in [4.69, 9.17) is 0 Å². The van der Waals surface area contributed by atoms with Gasteiger partial charge in [0.05, 0.1) is 6.07 Å². The van der Waals surface area contributed by atoms with Crippen LogP contribution < -0.4 is 0 Å². The third-order valence-electron chi connectivity index (χ3n) is 5.60. The third kappa shape index (κ3) is 4.01. The van der Waals surface area contributed by atoms with Crippen LogP contribution in [0.4, 0.5) is 0 Å². The number of nitrogens with zero attached hydrogens (tertiary/aromatic N) is 3. The van der Waals surface area contributed by atoms with Gasteiger partial charge < -0.3 is 24.7 Å². The highest BCUT2D eigenvalue weighted by molar-refractivity contribution is 6.01. The van der Waals surface area contributed by atoms with Gasteiger partial charge in [-0.2, -0.15) is 5.26 Å². The van der Waals surface area contributed by atoms with E-state index in [1.165, 1.54) is 15.9 Å². The van der Waals surface area contributed by atoms with E-state index in [1.807, 2.05) is 13.8 Å². The topological polar surface area (TPSA) is 118 Å². The molecule has 0 bridgehead atoms. The van der Waals surface area contributed by atoms with Crippen LogP contribution in [-0.4, -0.2) is 63.7 Å². The highest BCUT2D eigenvalue weighted by atomic mass is 16.3. The molecular weight excluding hydrogens is 384 g/mol. The van der Waals surface area contributed by atoms with Gasteiger partial charge in [0.15, 0.2) is 0 Å². The first-order valence-electron chi connectivity index (χ1n) is 10.00. The Morgan fingerprint density at radius 3 is 2.77 bits per heavy atom. The number of hydrogen-bond donors (Lipinski definition) is 2. The molecule has 3 atom stereocenters. The first-order valence-corrected chi connectivity index (χ1v) is 10.00. The number of nitriles is 1. The van der Waals surface area contributed by atoms with E-state index in [9.17, 15) is 24.8 Å². The van der Waals surface area contributed by atoms with Gasteiger partial charge in [-0.3, -0.25) is 9.59 Å². The second-order valence-corrected chi connectivity index (χ2v) is 8.25. The van der Waals surface area contributed by atoms with Crippen LogP contribution in [0.2, 0.25) is 0 Å². The maximum atomic E-state index is 13.3. The van der Waals surface area contributed by atoms with E-state index >= 15 is 0 Å². The molecule has 0 spiro atoms. The van der Waals surface area contributed by atoms with Crippen LogP contribution in [0.5, 0.6) is 5.75 Å². The number of amides is 2. The molecule has 0 radical (unpaired) electrons. The lowest BCUT2D eigenvalue weighted by Crippen LogP contribution is -2.51. The van der Waals surface area contributed by atoms with Crippen LogP contribution in [0.25, 0.3) is 10.9 Å². The molecule has 1 aromatic heterocycles. The molecular formula is C22H26N4O4. The Bertz CT molecular complexity index is 1010. The van der Waals surface area contributed by atoms with Crippen molar-refractivity contribution in [3.05, 3.63) is 30.0 Å². The number of aromatic nitrogens is 1. The molecule has 2 amide bonds. The molecule has 1 aliphatic rings. The largest absolute Gasteiger partial charge is 0.507 e. The Kier molecular flexibility index (Phi) is 6.11. The molecule has 1 saturated heterocycles. The highest BCUT2D eigenvalue weighted by Gasteiger charge is 2.40. The number of carbonyl (C=O) groups excluding carboxylic acids is 3. The van der Waals surface area contributed by atoms with Gasteiger partial charge in [0.2, 0.25) is 5.91 Å². The number of carbonyl (C=O) groups is 3. The minimum Gasteiger partial charge on any atom is -0.507 e. The average molecular weight is 410 g/mol. The van der Waals surface area contributed by atoms with Crippen molar-refractivity contribution >= 4 is 29.0 Å². The van der Waals surface area contributed by atoms with Crippen LogP contribution in [0.1, 0.15) is 37.2 Å². The van der Waals surface area contributed by atoms with E-state index < -0.39 is 12.1 Å². The Hall–Kier alpha value is -3.34. The number of phenols is 1. The van der Waals surface area contributed by atoms with Crippen molar-refractivity contribution in [1.82, 2.24) is 14.8 Å². The predicted octanol–water partition coefficient (Wildman–Crippen LogP) is 2.30. The molecule has 1 aliphatic heterocycles. The van der Waals surface area contributed by atoms with Gasteiger partial charge in [-0.25, -0.2) is 0 Å². The number of rotatable bonds is 6. The number of aromatic amines is 1. The summed E-state index contributed by atoms with van der Waals surface area (Å²) in [5, 5.41) is 20.0. The van der Waals surface area contributed by atoms with E-state index in [0.717, 1.165) is 6.29 Å². The van der Waals surface area contributed by atoms with Crippen molar-refractivity contribution in [2.45, 2.75) is 38.8 Å². The summed E-state index contributed by atoms with van der Waals surface area (Å²) < 4.78 is 0. The number of hydrogen-bond acceptors (Lipinski definition) is 5.